The van der Waals surface area contributed by atoms with E-state index in [2.05, 4.69) is 10.6 Å². The molecule has 1 heterocycles. The molecule has 5 heteroatoms. The summed E-state index contributed by atoms with van der Waals surface area (Å²) in [5.74, 6) is 0.153. The number of hydrogen-bond donors (Lipinski definition) is 2. The van der Waals surface area contributed by atoms with Crippen molar-refractivity contribution in [2.75, 3.05) is 20.2 Å². The number of carbonyl (C=O) groups excluding carboxylic acids is 2. The second-order valence-corrected chi connectivity index (χ2v) is 5.52. The van der Waals surface area contributed by atoms with Crippen LogP contribution in [0.1, 0.15) is 46.0 Å². The van der Waals surface area contributed by atoms with Crippen LogP contribution in [0.2, 0.25) is 0 Å². The molecule has 0 radical (unpaired) electrons. The van der Waals surface area contributed by atoms with E-state index in [9.17, 15) is 9.59 Å². The predicted molar refractivity (Wildman–Crippen MR) is 73.7 cm³/mol. The Morgan fingerprint density at radius 3 is 2.74 bits per heavy atom. The molecule has 5 nitrogen and oxygen atoms in total. The molecule has 1 aliphatic heterocycles. The van der Waals surface area contributed by atoms with Gasteiger partial charge in [0.15, 0.2) is 0 Å². The first-order chi connectivity index (χ1) is 9.01. The van der Waals surface area contributed by atoms with Crippen LogP contribution in [0.15, 0.2) is 0 Å². The van der Waals surface area contributed by atoms with E-state index >= 15 is 0 Å². The second kappa shape index (κ2) is 7.48. The molecule has 2 N–H and O–H groups in total. The van der Waals surface area contributed by atoms with Gasteiger partial charge in [0.1, 0.15) is 5.54 Å². The van der Waals surface area contributed by atoms with Crippen molar-refractivity contribution in [3.63, 3.8) is 0 Å². The Hall–Kier alpha value is -1.10. The minimum absolute atomic E-state index is 0.0618. The van der Waals surface area contributed by atoms with Crippen molar-refractivity contribution >= 4 is 11.9 Å². The average Bonchev–Trinajstić information content (AvgIpc) is 2.88. The molecule has 1 aliphatic rings. The van der Waals surface area contributed by atoms with Gasteiger partial charge in [-0.1, -0.05) is 13.3 Å². The third-order valence-electron chi connectivity index (χ3n) is 3.74. The summed E-state index contributed by atoms with van der Waals surface area (Å²) >= 11 is 0. The zero-order valence-electron chi connectivity index (χ0n) is 12.3. The van der Waals surface area contributed by atoms with Crippen LogP contribution in [-0.4, -0.2) is 37.6 Å². The van der Waals surface area contributed by atoms with Crippen molar-refractivity contribution in [2.24, 2.45) is 5.92 Å². The highest BCUT2D eigenvalue weighted by Gasteiger charge is 2.35. The number of hydrogen-bond acceptors (Lipinski definition) is 4. The lowest BCUT2D eigenvalue weighted by atomic mass is 9.95. The zero-order valence-corrected chi connectivity index (χ0v) is 12.3. The first kappa shape index (κ1) is 16.0. The van der Waals surface area contributed by atoms with Gasteiger partial charge in [0.25, 0.3) is 0 Å². The number of methoxy groups -OCH3 is 1. The van der Waals surface area contributed by atoms with Gasteiger partial charge in [0.05, 0.1) is 7.11 Å². The van der Waals surface area contributed by atoms with E-state index in [1.807, 2.05) is 6.92 Å². The summed E-state index contributed by atoms with van der Waals surface area (Å²) < 4.78 is 4.78. The summed E-state index contributed by atoms with van der Waals surface area (Å²) in [7, 11) is 1.35. The van der Waals surface area contributed by atoms with Crippen LogP contribution in [0.5, 0.6) is 0 Å². The van der Waals surface area contributed by atoms with E-state index in [1.54, 1.807) is 6.92 Å². The second-order valence-electron chi connectivity index (χ2n) is 5.52. The van der Waals surface area contributed by atoms with Crippen molar-refractivity contribution in [1.82, 2.24) is 10.6 Å². The summed E-state index contributed by atoms with van der Waals surface area (Å²) in [4.78, 5) is 23.7. The van der Waals surface area contributed by atoms with Crippen LogP contribution in [-0.2, 0) is 14.3 Å². The van der Waals surface area contributed by atoms with Crippen molar-refractivity contribution < 1.29 is 14.3 Å². The van der Waals surface area contributed by atoms with E-state index in [-0.39, 0.29) is 11.9 Å². The van der Waals surface area contributed by atoms with Gasteiger partial charge in [0.2, 0.25) is 5.91 Å². The summed E-state index contributed by atoms with van der Waals surface area (Å²) in [6, 6.07) is 0. The molecular weight excluding hydrogens is 244 g/mol. The summed E-state index contributed by atoms with van der Waals surface area (Å²) in [6.07, 6.45) is 3.90. The molecular formula is C14H26N2O3. The van der Waals surface area contributed by atoms with Crippen molar-refractivity contribution in [2.45, 2.75) is 51.5 Å². The largest absolute Gasteiger partial charge is 0.467 e. The van der Waals surface area contributed by atoms with Gasteiger partial charge in [-0.2, -0.15) is 0 Å². The molecule has 0 aromatic heterocycles. The Morgan fingerprint density at radius 1 is 1.47 bits per heavy atom. The van der Waals surface area contributed by atoms with Gasteiger partial charge in [-0.25, -0.2) is 4.79 Å². The molecule has 1 saturated heterocycles. The molecule has 0 aromatic carbocycles. The van der Waals surface area contributed by atoms with E-state index < -0.39 is 5.54 Å². The zero-order chi connectivity index (χ0) is 14.3. The topological polar surface area (TPSA) is 67.4 Å². The van der Waals surface area contributed by atoms with Crippen LogP contribution >= 0.6 is 0 Å². The lowest BCUT2D eigenvalue weighted by Crippen LogP contribution is -2.52. The van der Waals surface area contributed by atoms with E-state index in [0.717, 1.165) is 32.4 Å². The SMILES string of the molecule is CCCC(C)(NC(=O)CCC1CCNC1)C(=O)OC. The van der Waals surface area contributed by atoms with Gasteiger partial charge < -0.3 is 15.4 Å². The third-order valence-corrected chi connectivity index (χ3v) is 3.74. The number of ether oxygens (including phenoxy) is 1. The Labute approximate surface area is 115 Å². The number of rotatable bonds is 7. The maximum atomic E-state index is 12.0. The molecule has 110 valence electrons. The van der Waals surface area contributed by atoms with E-state index in [0.29, 0.717) is 18.8 Å². The molecule has 0 saturated carbocycles. The number of esters is 1. The molecule has 0 aromatic rings. The molecule has 0 bridgehead atoms. The van der Waals surface area contributed by atoms with E-state index in [1.165, 1.54) is 7.11 Å². The van der Waals surface area contributed by atoms with Crippen molar-refractivity contribution in [1.29, 1.82) is 0 Å². The standard InChI is InChI=1S/C14H26N2O3/c1-4-8-14(2,13(18)19-3)16-12(17)6-5-11-7-9-15-10-11/h11,15H,4-10H2,1-3H3,(H,16,17). The molecule has 2 atom stereocenters. The quantitative estimate of drug-likeness (QED) is 0.683. The Balaban J connectivity index is 2.43. The normalized spacial score (nSPS) is 21.7. The monoisotopic (exact) mass is 270 g/mol. The maximum absolute atomic E-state index is 12.0. The van der Waals surface area contributed by atoms with Crippen LogP contribution in [0.3, 0.4) is 0 Å². The number of nitrogens with one attached hydrogen (secondary N) is 2. The first-order valence-corrected chi connectivity index (χ1v) is 7.12. The van der Waals surface area contributed by atoms with Gasteiger partial charge in [0, 0.05) is 6.42 Å². The lowest BCUT2D eigenvalue weighted by Gasteiger charge is -2.27. The molecule has 19 heavy (non-hydrogen) atoms. The Bertz CT molecular complexity index is 314. The highest BCUT2D eigenvalue weighted by atomic mass is 16.5. The van der Waals surface area contributed by atoms with E-state index in [4.69, 9.17) is 4.74 Å². The van der Waals surface area contributed by atoms with Crippen LogP contribution in [0.4, 0.5) is 0 Å². The molecule has 0 aliphatic carbocycles. The fourth-order valence-electron chi connectivity index (χ4n) is 2.61. The maximum Gasteiger partial charge on any atom is 0.331 e. The van der Waals surface area contributed by atoms with Gasteiger partial charge >= 0.3 is 5.97 Å². The molecule has 1 fully saturated rings. The highest BCUT2D eigenvalue weighted by molar-refractivity contribution is 5.87. The number of amides is 1. The van der Waals surface area contributed by atoms with Crippen molar-refractivity contribution in [3.05, 3.63) is 0 Å². The molecule has 1 rings (SSSR count). The third kappa shape index (κ3) is 4.82. The lowest BCUT2D eigenvalue weighted by molar-refractivity contribution is -0.150. The minimum atomic E-state index is -0.894. The molecule has 0 spiro atoms. The summed E-state index contributed by atoms with van der Waals surface area (Å²) in [6.45, 7) is 5.76. The summed E-state index contributed by atoms with van der Waals surface area (Å²) in [5.41, 5.74) is -0.894. The van der Waals surface area contributed by atoms with Crippen molar-refractivity contribution in [3.8, 4) is 0 Å². The van der Waals surface area contributed by atoms with Gasteiger partial charge in [-0.05, 0) is 45.2 Å². The van der Waals surface area contributed by atoms with Crippen LogP contribution < -0.4 is 10.6 Å². The van der Waals surface area contributed by atoms with Gasteiger partial charge in [-0.3, -0.25) is 4.79 Å². The van der Waals surface area contributed by atoms with Gasteiger partial charge in [-0.15, -0.1) is 0 Å². The molecule has 1 amide bonds. The fraction of sp³-hybridized carbons (Fsp3) is 0.857. The Morgan fingerprint density at radius 2 is 2.21 bits per heavy atom. The predicted octanol–water partition coefficient (Wildman–Crippen LogP) is 1.22. The Kier molecular flexibility index (Phi) is 6.28. The fourth-order valence-corrected chi connectivity index (χ4v) is 2.61. The molecule has 2 unspecified atom stereocenters. The van der Waals surface area contributed by atoms with Crippen LogP contribution in [0, 0.1) is 5.92 Å². The minimum Gasteiger partial charge on any atom is -0.467 e. The number of carbonyl (C=O) groups is 2. The van der Waals surface area contributed by atoms with Crippen LogP contribution in [0.25, 0.3) is 0 Å². The first-order valence-electron chi connectivity index (χ1n) is 7.12. The average molecular weight is 270 g/mol. The smallest absolute Gasteiger partial charge is 0.331 e. The summed E-state index contributed by atoms with van der Waals surface area (Å²) in [5, 5.41) is 6.12. The highest BCUT2D eigenvalue weighted by Crippen LogP contribution is 2.17.